The van der Waals surface area contributed by atoms with E-state index in [1.165, 1.54) is 0 Å². The van der Waals surface area contributed by atoms with Crippen molar-refractivity contribution >= 4 is 23.3 Å². The molecule has 2 N–H and O–H groups in total. The fourth-order valence-electron chi connectivity index (χ4n) is 3.80. The molecular formula is C27H26N6O3. The number of carbonyl (C=O) groups is 1. The van der Waals surface area contributed by atoms with E-state index >= 15 is 0 Å². The number of para-hydroxylation sites is 2. The number of hydrogen-bond donors (Lipinski definition) is 2. The standard InChI is InChI=1S/C27H26N6O3/c1-33(2)16-17-35-22-15-9-7-13-20(22)26-31-32-27(36-26)30-24-25(34)28-21-14-8-6-12-19(21)23(29-24)18-10-4-3-5-11-18/h3-15,24H,16-17H2,1-2H3,(H,28,34)(H,30,32). The second-order valence-corrected chi connectivity index (χ2v) is 8.49. The maximum absolute atomic E-state index is 13.1. The van der Waals surface area contributed by atoms with Crippen LogP contribution in [0.4, 0.5) is 11.7 Å². The van der Waals surface area contributed by atoms with E-state index in [1.807, 2.05) is 97.9 Å². The van der Waals surface area contributed by atoms with Gasteiger partial charge in [-0.2, -0.15) is 0 Å². The quantitative estimate of drug-likeness (QED) is 0.392. The van der Waals surface area contributed by atoms with Crippen LogP contribution in [-0.2, 0) is 4.79 Å². The van der Waals surface area contributed by atoms with Gasteiger partial charge in [0, 0.05) is 17.7 Å². The van der Waals surface area contributed by atoms with Gasteiger partial charge in [-0.15, -0.1) is 5.10 Å². The third-order valence-electron chi connectivity index (χ3n) is 5.59. The second kappa shape index (κ2) is 10.4. The Labute approximate surface area is 208 Å². The van der Waals surface area contributed by atoms with E-state index in [9.17, 15) is 4.79 Å². The minimum atomic E-state index is -0.979. The van der Waals surface area contributed by atoms with Crippen molar-refractivity contribution in [2.45, 2.75) is 6.17 Å². The molecule has 1 atom stereocenters. The number of carbonyl (C=O) groups excluding carboxylic acids is 1. The van der Waals surface area contributed by atoms with Crippen LogP contribution >= 0.6 is 0 Å². The van der Waals surface area contributed by atoms with Gasteiger partial charge in [0.25, 0.3) is 11.8 Å². The first-order valence-corrected chi connectivity index (χ1v) is 11.6. The number of amides is 1. The van der Waals surface area contributed by atoms with Gasteiger partial charge in [-0.25, -0.2) is 4.99 Å². The summed E-state index contributed by atoms with van der Waals surface area (Å²) in [5.74, 6) is 0.588. The van der Waals surface area contributed by atoms with E-state index in [4.69, 9.17) is 14.1 Å². The van der Waals surface area contributed by atoms with Crippen molar-refractivity contribution in [1.29, 1.82) is 0 Å². The average Bonchev–Trinajstić information content (AvgIpc) is 3.30. The molecule has 3 aromatic carbocycles. The maximum atomic E-state index is 13.1. The van der Waals surface area contributed by atoms with Crippen molar-refractivity contribution in [2.75, 3.05) is 37.9 Å². The van der Waals surface area contributed by atoms with Crippen LogP contribution in [0.3, 0.4) is 0 Å². The lowest BCUT2D eigenvalue weighted by Crippen LogP contribution is -2.32. The molecule has 9 nitrogen and oxygen atoms in total. The molecule has 1 aromatic heterocycles. The molecule has 1 amide bonds. The van der Waals surface area contributed by atoms with Gasteiger partial charge in [0.1, 0.15) is 12.4 Å². The molecule has 0 fully saturated rings. The summed E-state index contributed by atoms with van der Waals surface area (Å²) in [6, 6.07) is 24.8. The average molecular weight is 483 g/mol. The zero-order valence-electron chi connectivity index (χ0n) is 20.0. The molecule has 182 valence electrons. The monoisotopic (exact) mass is 482 g/mol. The van der Waals surface area contributed by atoms with E-state index in [-0.39, 0.29) is 17.8 Å². The molecule has 9 heteroatoms. The Kier molecular flexibility index (Phi) is 6.72. The van der Waals surface area contributed by atoms with Crippen molar-refractivity contribution in [3.63, 3.8) is 0 Å². The van der Waals surface area contributed by atoms with Crippen molar-refractivity contribution in [3.05, 3.63) is 90.0 Å². The van der Waals surface area contributed by atoms with Gasteiger partial charge >= 0.3 is 6.01 Å². The third-order valence-corrected chi connectivity index (χ3v) is 5.59. The Morgan fingerprint density at radius 2 is 1.67 bits per heavy atom. The van der Waals surface area contributed by atoms with E-state index in [0.717, 1.165) is 17.7 Å². The number of benzodiazepines with no additional fused rings is 1. The molecule has 0 saturated heterocycles. The fraction of sp³-hybridized carbons (Fsp3) is 0.185. The number of anilines is 2. The van der Waals surface area contributed by atoms with Crippen molar-refractivity contribution < 1.29 is 13.9 Å². The number of nitrogens with zero attached hydrogens (tertiary/aromatic N) is 4. The van der Waals surface area contributed by atoms with Crippen LogP contribution in [0.15, 0.2) is 88.3 Å². The van der Waals surface area contributed by atoms with Crippen molar-refractivity contribution in [1.82, 2.24) is 15.1 Å². The van der Waals surface area contributed by atoms with Gasteiger partial charge in [-0.1, -0.05) is 65.8 Å². The zero-order valence-corrected chi connectivity index (χ0v) is 20.0. The molecule has 0 saturated carbocycles. The first-order chi connectivity index (χ1) is 17.6. The Bertz CT molecular complexity index is 1380. The van der Waals surface area contributed by atoms with Gasteiger partial charge in [-0.05, 0) is 32.3 Å². The van der Waals surface area contributed by atoms with Crippen LogP contribution < -0.4 is 15.4 Å². The van der Waals surface area contributed by atoms with Crippen LogP contribution in [0, 0.1) is 0 Å². The summed E-state index contributed by atoms with van der Waals surface area (Å²) in [7, 11) is 3.97. The predicted octanol–water partition coefficient (Wildman–Crippen LogP) is 3.90. The van der Waals surface area contributed by atoms with Crippen LogP contribution in [0.5, 0.6) is 5.75 Å². The highest BCUT2D eigenvalue weighted by Crippen LogP contribution is 2.30. The topological polar surface area (TPSA) is 105 Å². The van der Waals surface area contributed by atoms with E-state index in [2.05, 4.69) is 20.8 Å². The lowest BCUT2D eigenvalue weighted by atomic mass is 10.0. The van der Waals surface area contributed by atoms with Crippen LogP contribution in [-0.4, -0.2) is 60.1 Å². The van der Waals surface area contributed by atoms with Crippen molar-refractivity contribution in [3.8, 4) is 17.2 Å². The number of ether oxygens (including phenoxy) is 1. The Balaban J connectivity index is 1.42. The molecule has 1 aliphatic rings. The first kappa shape index (κ1) is 23.3. The van der Waals surface area contributed by atoms with Gasteiger partial charge in [-0.3, -0.25) is 4.79 Å². The Hall–Kier alpha value is -4.50. The maximum Gasteiger partial charge on any atom is 0.317 e. The van der Waals surface area contributed by atoms with Gasteiger partial charge in [0.05, 0.1) is 17.0 Å². The summed E-state index contributed by atoms with van der Waals surface area (Å²) < 4.78 is 11.8. The Morgan fingerprint density at radius 3 is 2.47 bits per heavy atom. The number of hydrogen-bond acceptors (Lipinski definition) is 8. The third kappa shape index (κ3) is 5.11. The summed E-state index contributed by atoms with van der Waals surface area (Å²) in [5.41, 5.74) is 3.76. The summed E-state index contributed by atoms with van der Waals surface area (Å²) in [6.45, 7) is 1.29. The van der Waals surface area contributed by atoms with Crippen molar-refractivity contribution in [2.24, 2.45) is 4.99 Å². The summed E-state index contributed by atoms with van der Waals surface area (Å²) in [5, 5.41) is 14.2. The SMILES string of the molecule is CN(C)CCOc1ccccc1-c1nnc(NC2N=C(c3ccccc3)c3ccccc3NC2=O)o1. The van der Waals surface area contributed by atoms with E-state index in [0.29, 0.717) is 29.3 Å². The number of likely N-dealkylation sites (N-methyl/N-ethyl adjacent to an activating group) is 1. The molecule has 1 unspecified atom stereocenters. The largest absolute Gasteiger partial charge is 0.491 e. The van der Waals surface area contributed by atoms with Crippen LogP contribution in [0.1, 0.15) is 11.1 Å². The minimum absolute atomic E-state index is 0.0790. The molecule has 0 aliphatic carbocycles. The number of fused-ring (bicyclic) bond motifs is 1. The van der Waals surface area contributed by atoms with Crippen LogP contribution in [0.2, 0.25) is 0 Å². The number of benzene rings is 3. The minimum Gasteiger partial charge on any atom is -0.491 e. The number of aromatic nitrogens is 2. The first-order valence-electron chi connectivity index (χ1n) is 11.6. The second-order valence-electron chi connectivity index (χ2n) is 8.49. The summed E-state index contributed by atoms with van der Waals surface area (Å²) in [6.07, 6.45) is -0.979. The highest BCUT2D eigenvalue weighted by molar-refractivity contribution is 6.19. The van der Waals surface area contributed by atoms with Gasteiger partial charge in [0.2, 0.25) is 6.17 Å². The lowest BCUT2D eigenvalue weighted by Gasteiger charge is -2.12. The van der Waals surface area contributed by atoms with Crippen LogP contribution in [0.25, 0.3) is 11.5 Å². The molecule has 1 aliphatic heterocycles. The summed E-state index contributed by atoms with van der Waals surface area (Å²) >= 11 is 0. The summed E-state index contributed by atoms with van der Waals surface area (Å²) in [4.78, 5) is 19.9. The number of aliphatic imine (C=N–C) groups is 1. The molecule has 0 spiro atoms. The lowest BCUT2D eigenvalue weighted by molar-refractivity contribution is -0.116. The normalized spacial score (nSPS) is 15.0. The number of nitrogens with one attached hydrogen (secondary N) is 2. The van der Waals surface area contributed by atoms with Gasteiger partial charge in [0.15, 0.2) is 0 Å². The Morgan fingerprint density at radius 1 is 0.944 bits per heavy atom. The highest BCUT2D eigenvalue weighted by Gasteiger charge is 2.27. The molecule has 2 heterocycles. The molecule has 0 bridgehead atoms. The predicted molar refractivity (Wildman–Crippen MR) is 138 cm³/mol. The number of rotatable bonds is 8. The molecule has 0 radical (unpaired) electrons. The van der Waals surface area contributed by atoms with E-state index < -0.39 is 6.17 Å². The zero-order chi connectivity index (χ0) is 24.9. The highest BCUT2D eigenvalue weighted by atomic mass is 16.5. The molecular weight excluding hydrogens is 456 g/mol. The molecule has 5 rings (SSSR count). The van der Waals surface area contributed by atoms with Gasteiger partial charge < -0.3 is 24.7 Å². The smallest absolute Gasteiger partial charge is 0.317 e. The molecule has 4 aromatic rings. The fourth-order valence-corrected chi connectivity index (χ4v) is 3.80. The molecule has 36 heavy (non-hydrogen) atoms. The van der Waals surface area contributed by atoms with E-state index in [1.54, 1.807) is 0 Å².